The molecular formula is C10H16ClN3O2. The summed E-state index contributed by atoms with van der Waals surface area (Å²) < 4.78 is 10.8. The Balaban J connectivity index is 2.04. The number of rotatable bonds is 3. The van der Waals surface area contributed by atoms with Gasteiger partial charge in [0, 0.05) is 26.3 Å². The first kappa shape index (κ1) is 11.7. The van der Waals surface area contributed by atoms with Crippen molar-refractivity contribution in [3.8, 4) is 0 Å². The SMILES string of the molecule is CC(Cl)c1nnc(N(C)C2CCOCC2)o1. The normalized spacial score (nSPS) is 19.7. The average Bonchev–Trinajstić information content (AvgIpc) is 2.78. The van der Waals surface area contributed by atoms with Gasteiger partial charge in [-0.2, -0.15) is 0 Å². The molecule has 0 aliphatic carbocycles. The Morgan fingerprint density at radius 2 is 2.06 bits per heavy atom. The van der Waals surface area contributed by atoms with Crippen LogP contribution in [0.15, 0.2) is 4.42 Å². The molecule has 1 aliphatic rings. The van der Waals surface area contributed by atoms with E-state index in [0.29, 0.717) is 17.9 Å². The molecule has 1 unspecified atom stereocenters. The molecule has 1 saturated heterocycles. The number of ether oxygens (including phenoxy) is 1. The fraction of sp³-hybridized carbons (Fsp3) is 0.800. The van der Waals surface area contributed by atoms with Crippen LogP contribution in [-0.4, -0.2) is 36.5 Å². The maximum Gasteiger partial charge on any atom is 0.318 e. The molecule has 6 heteroatoms. The monoisotopic (exact) mass is 245 g/mol. The largest absolute Gasteiger partial charge is 0.406 e. The van der Waals surface area contributed by atoms with Crippen LogP contribution < -0.4 is 4.90 Å². The summed E-state index contributed by atoms with van der Waals surface area (Å²) in [6, 6.07) is 0.946. The van der Waals surface area contributed by atoms with Gasteiger partial charge >= 0.3 is 6.01 Å². The second-order valence-corrected chi connectivity index (χ2v) is 4.65. The van der Waals surface area contributed by atoms with Gasteiger partial charge in [-0.1, -0.05) is 5.10 Å². The minimum Gasteiger partial charge on any atom is -0.406 e. The van der Waals surface area contributed by atoms with Crippen LogP contribution >= 0.6 is 11.6 Å². The van der Waals surface area contributed by atoms with Crippen LogP contribution in [0.25, 0.3) is 0 Å². The molecule has 0 spiro atoms. The summed E-state index contributed by atoms with van der Waals surface area (Å²) in [5.74, 6) is 0.468. The number of hydrogen-bond donors (Lipinski definition) is 0. The number of aromatic nitrogens is 2. The molecule has 0 saturated carbocycles. The van der Waals surface area contributed by atoms with E-state index >= 15 is 0 Å². The smallest absolute Gasteiger partial charge is 0.318 e. The van der Waals surface area contributed by atoms with Gasteiger partial charge in [-0.25, -0.2) is 0 Å². The van der Waals surface area contributed by atoms with E-state index in [9.17, 15) is 0 Å². The minimum absolute atomic E-state index is 0.246. The lowest BCUT2D eigenvalue weighted by molar-refractivity contribution is 0.0845. The topological polar surface area (TPSA) is 51.4 Å². The van der Waals surface area contributed by atoms with Crippen LogP contribution in [0.3, 0.4) is 0 Å². The van der Waals surface area contributed by atoms with E-state index < -0.39 is 0 Å². The standard InChI is InChI=1S/C10H16ClN3O2/c1-7(11)9-12-13-10(16-9)14(2)8-3-5-15-6-4-8/h7-8H,3-6H2,1-2H3. The summed E-state index contributed by atoms with van der Waals surface area (Å²) in [6.45, 7) is 3.40. The van der Waals surface area contributed by atoms with Crippen LogP contribution in [0.4, 0.5) is 6.01 Å². The summed E-state index contributed by atoms with van der Waals surface area (Å²) in [7, 11) is 1.96. The van der Waals surface area contributed by atoms with E-state index in [0.717, 1.165) is 26.1 Å². The lowest BCUT2D eigenvalue weighted by atomic mass is 10.1. The fourth-order valence-corrected chi connectivity index (χ4v) is 1.85. The molecule has 0 bridgehead atoms. The first-order valence-corrected chi connectivity index (χ1v) is 5.90. The van der Waals surface area contributed by atoms with Gasteiger partial charge < -0.3 is 14.1 Å². The molecule has 0 radical (unpaired) electrons. The number of alkyl halides is 1. The van der Waals surface area contributed by atoms with Crippen molar-refractivity contribution in [3.63, 3.8) is 0 Å². The van der Waals surface area contributed by atoms with Crippen molar-refractivity contribution in [2.24, 2.45) is 0 Å². The van der Waals surface area contributed by atoms with E-state index in [2.05, 4.69) is 10.2 Å². The van der Waals surface area contributed by atoms with Crippen LogP contribution in [0.1, 0.15) is 31.0 Å². The van der Waals surface area contributed by atoms with E-state index in [1.807, 2.05) is 18.9 Å². The van der Waals surface area contributed by atoms with Crippen molar-refractivity contribution in [2.45, 2.75) is 31.2 Å². The first-order valence-electron chi connectivity index (χ1n) is 5.46. The van der Waals surface area contributed by atoms with E-state index in [1.54, 1.807) is 0 Å². The van der Waals surface area contributed by atoms with Gasteiger partial charge in [0.15, 0.2) is 0 Å². The van der Waals surface area contributed by atoms with Gasteiger partial charge in [0.1, 0.15) is 5.38 Å². The zero-order valence-corrected chi connectivity index (χ0v) is 10.3. The van der Waals surface area contributed by atoms with Crippen molar-refractivity contribution in [3.05, 3.63) is 5.89 Å². The van der Waals surface area contributed by atoms with E-state index in [4.69, 9.17) is 20.8 Å². The summed E-state index contributed by atoms with van der Waals surface area (Å²) in [4.78, 5) is 2.01. The maximum absolute atomic E-state index is 5.87. The van der Waals surface area contributed by atoms with Crippen LogP contribution in [0.2, 0.25) is 0 Å². The number of nitrogens with zero attached hydrogens (tertiary/aromatic N) is 3. The predicted octanol–water partition coefficient (Wildman–Crippen LogP) is 1.98. The Morgan fingerprint density at radius 3 is 2.62 bits per heavy atom. The molecule has 90 valence electrons. The third-order valence-electron chi connectivity index (χ3n) is 2.81. The quantitative estimate of drug-likeness (QED) is 0.763. The molecular weight excluding hydrogens is 230 g/mol. The van der Waals surface area contributed by atoms with Gasteiger partial charge in [-0.05, 0) is 19.8 Å². The highest BCUT2D eigenvalue weighted by Gasteiger charge is 2.23. The summed E-state index contributed by atoms with van der Waals surface area (Å²) in [5, 5.41) is 7.66. The Hall–Kier alpha value is -0.810. The third kappa shape index (κ3) is 2.47. The molecule has 2 rings (SSSR count). The lowest BCUT2D eigenvalue weighted by Crippen LogP contribution is -2.36. The molecule has 1 aromatic rings. The maximum atomic E-state index is 5.87. The van der Waals surface area contributed by atoms with Crippen LogP contribution in [-0.2, 0) is 4.74 Å². The highest BCUT2D eigenvalue weighted by molar-refractivity contribution is 6.20. The third-order valence-corrected chi connectivity index (χ3v) is 3.00. The summed E-state index contributed by atoms with van der Waals surface area (Å²) in [6.07, 6.45) is 1.98. The fourth-order valence-electron chi connectivity index (χ4n) is 1.76. The van der Waals surface area contributed by atoms with Gasteiger partial charge in [0.2, 0.25) is 5.89 Å². The van der Waals surface area contributed by atoms with Gasteiger partial charge in [0.05, 0.1) is 0 Å². The molecule has 1 atom stereocenters. The predicted molar refractivity (Wildman–Crippen MR) is 60.8 cm³/mol. The van der Waals surface area contributed by atoms with Crippen molar-refractivity contribution < 1.29 is 9.15 Å². The van der Waals surface area contributed by atoms with E-state index in [-0.39, 0.29) is 5.38 Å². The highest BCUT2D eigenvalue weighted by atomic mass is 35.5. The Labute approximate surface area is 99.7 Å². The zero-order valence-electron chi connectivity index (χ0n) is 9.52. The van der Waals surface area contributed by atoms with Gasteiger partial charge in [-0.15, -0.1) is 16.7 Å². The molecule has 2 heterocycles. The molecule has 1 fully saturated rings. The Bertz CT molecular complexity index is 337. The van der Waals surface area contributed by atoms with Crippen LogP contribution in [0, 0.1) is 0 Å². The zero-order chi connectivity index (χ0) is 11.5. The summed E-state index contributed by atoms with van der Waals surface area (Å²) >= 11 is 5.87. The Kier molecular flexibility index (Phi) is 3.66. The first-order chi connectivity index (χ1) is 7.68. The molecule has 0 N–H and O–H groups in total. The number of hydrogen-bond acceptors (Lipinski definition) is 5. The Morgan fingerprint density at radius 1 is 1.38 bits per heavy atom. The van der Waals surface area contributed by atoms with Gasteiger partial charge in [0.25, 0.3) is 0 Å². The molecule has 0 amide bonds. The highest BCUT2D eigenvalue weighted by Crippen LogP contribution is 2.24. The number of anilines is 1. The average molecular weight is 246 g/mol. The molecule has 5 nitrogen and oxygen atoms in total. The second-order valence-electron chi connectivity index (χ2n) is 3.99. The summed E-state index contributed by atoms with van der Waals surface area (Å²) in [5.41, 5.74) is 0. The minimum atomic E-state index is -0.246. The van der Waals surface area contributed by atoms with Crippen molar-refractivity contribution in [2.75, 3.05) is 25.2 Å². The molecule has 0 aromatic carbocycles. The van der Waals surface area contributed by atoms with Crippen molar-refractivity contribution in [1.82, 2.24) is 10.2 Å². The van der Waals surface area contributed by atoms with Crippen molar-refractivity contribution in [1.29, 1.82) is 0 Å². The molecule has 1 aromatic heterocycles. The second kappa shape index (κ2) is 5.01. The van der Waals surface area contributed by atoms with Gasteiger partial charge in [-0.3, -0.25) is 0 Å². The number of halogens is 1. The molecule has 16 heavy (non-hydrogen) atoms. The molecule has 1 aliphatic heterocycles. The van der Waals surface area contributed by atoms with Crippen LogP contribution in [0.5, 0.6) is 0 Å². The lowest BCUT2D eigenvalue weighted by Gasteiger charge is -2.29. The van der Waals surface area contributed by atoms with E-state index in [1.165, 1.54) is 0 Å². The van der Waals surface area contributed by atoms with Crippen molar-refractivity contribution >= 4 is 17.6 Å².